The number of benzene rings is 2. The van der Waals surface area contributed by atoms with Crippen LogP contribution in [0.5, 0.6) is 5.75 Å². The average molecular weight is 476 g/mol. The first-order valence-corrected chi connectivity index (χ1v) is 10.8. The molecule has 1 aliphatic rings. The molecule has 0 aliphatic carbocycles. The summed E-state index contributed by atoms with van der Waals surface area (Å²) in [5, 5.41) is 11.7. The molecule has 1 aromatic heterocycles. The van der Waals surface area contributed by atoms with Crippen LogP contribution >= 0.6 is 34.5 Å². The normalized spacial score (nSPS) is 14.4. The quantitative estimate of drug-likeness (QED) is 0.483. The molecule has 0 fully saturated rings. The van der Waals surface area contributed by atoms with Crippen molar-refractivity contribution in [3.05, 3.63) is 79.5 Å². The molecule has 1 atom stereocenters. The molecule has 1 unspecified atom stereocenters. The molecule has 2 aromatic carbocycles. The summed E-state index contributed by atoms with van der Waals surface area (Å²) in [6.07, 6.45) is -0.451. The first kappa shape index (κ1) is 21.4. The van der Waals surface area contributed by atoms with E-state index in [4.69, 9.17) is 27.9 Å². The Morgan fingerprint density at radius 3 is 2.68 bits per heavy atom. The van der Waals surface area contributed by atoms with Gasteiger partial charge in [-0.2, -0.15) is 0 Å². The Balaban J connectivity index is 1.68. The summed E-state index contributed by atoms with van der Waals surface area (Å²) in [7, 11) is 0. The van der Waals surface area contributed by atoms with Crippen LogP contribution in [0.1, 0.15) is 44.2 Å². The highest BCUT2D eigenvalue weighted by Crippen LogP contribution is 2.37. The number of amides is 2. The van der Waals surface area contributed by atoms with Gasteiger partial charge in [-0.15, -0.1) is 11.3 Å². The molecule has 2 amide bonds. The Bertz CT molecular complexity index is 1220. The van der Waals surface area contributed by atoms with Gasteiger partial charge in [-0.25, -0.2) is 9.69 Å². The maximum atomic E-state index is 13.1. The summed E-state index contributed by atoms with van der Waals surface area (Å²) < 4.78 is 5.97. The zero-order chi connectivity index (χ0) is 22.3. The number of imide groups is 1. The number of carboxylic acid groups (broad SMARTS) is 1. The molecule has 0 radical (unpaired) electrons. The van der Waals surface area contributed by atoms with Crippen molar-refractivity contribution < 1.29 is 24.2 Å². The second kappa shape index (κ2) is 8.34. The third-order valence-corrected chi connectivity index (χ3v) is 6.43. The molecule has 4 rings (SSSR count). The minimum absolute atomic E-state index is 0.0202. The van der Waals surface area contributed by atoms with E-state index in [1.165, 1.54) is 17.5 Å². The third-order valence-electron chi connectivity index (χ3n) is 4.86. The number of ether oxygens (including phenoxy) is 1. The third kappa shape index (κ3) is 4.04. The van der Waals surface area contributed by atoms with Crippen LogP contribution in [0.25, 0.3) is 0 Å². The molecular weight excluding hydrogens is 461 g/mol. The standard InChI is InChI=1S/C22H15Cl2NO5S/c1-11(12-3-2-4-14(23)7-12)30-15-5-6-16(24)17(9-15)25-18(26)8-13-10-31-20(22(28)29)19(13)21(25)27/h2-7,9-11H,8H2,1H3,(H,28,29). The summed E-state index contributed by atoms with van der Waals surface area (Å²) in [4.78, 5) is 38.2. The number of anilines is 1. The monoisotopic (exact) mass is 475 g/mol. The predicted molar refractivity (Wildman–Crippen MR) is 119 cm³/mol. The fourth-order valence-electron chi connectivity index (χ4n) is 3.40. The van der Waals surface area contributed by atoms with E-state index in [0.29, 0.717) is 16.3 Å². The van der Waals surface area contributed by atoms with Crippen LogP contribution in [0, 0.1) is 0 Å². The first-order valence-electron chi connectivity index (χ1n) is 9.19. The Kier molecular flexibility index (Phi) is 5.75. The zero-order valence-electron chi connectivity index (χ0n) is 16.1. The lowest BCUT2D eigenvalue weighted by molar-refractivity contribution is -0.117. The maximum absolute atomic E-state index is 13.1. The van der Waals surface area contributed by atoms with Crippen LogP contribution < -0.4 is 9.64 Å². The number of rotatable bonds is 5. The van der Waals surface area contributed by atoms with Gasteiger partial charge in [-0.3, -0.25) is 9.59 Å². The first-order chi connectivity index (χ1) is 14.8. The molecule has 0 saturated carbocycles. The second-order valence-corrected chi connectivity index (χ2v) is 8.63. The zero-order valence-corrected chi connectivity index (χ0v) is 18.4. The van der Waals surface area contributed by atoms with Crippen LogP contribution in [-0.4, -0.2) is 22.9 Å². The van der Waals surface area contributed by atoms with Crippen LogP contribution in [0.3, 0.4) is 0 Å². The fourth-order valence-corrected chi connectivity index (χ4v) is 4.69. The fraction of sp³-hybridized carbons (Fsp3) is 0.136. The van der Waals surface area contributed by atoms with Crippen molar-refractivity contribution in [2.24, 2.45) is 0 Å². The molecule has 1 aliphatic heterocycles. The van der Waals surface area contributed by atoms with Crippen LogP contribution in [-0.2, 0) is 11.2 Å². The Labute approximate surface area is 191 Å². The number of carboxylic acids is 1. The summed E-state index contributed by atoms with van der Waals surface area (Å²) in [6.45, 7) is 1.84. The van der Waals surface area contributed by atoms with Crippen molar-refractivity contribution in [2.75, 3.05) is 4.90 Å². The lowest BCUT2D eigenvalue weighted by atomic mass is 10.0. The summed E-state index contributed by atoms with van der Waals surface area (Å²) in [5.74, 6) is -2.03. The largest absolute Gasteiger partial charge is 0.486 e. The Hall–Kier alpha value is -2.87. The molecule has 2 heterocycles. The number of carbonyl (C=O) groups excluding carboxylic acids is 2. The molecule has 0 bridgehead atoms. The van der Waals surface area contributed by atoms with Gasteiger partial charge in [0, 0.05) is 11.1 Å². The summed E-state index contributed by atoms with van der Waals surface area (Å²) in [6, 6.07) is 11.9. The van der Waals surface area contributed by atoms with Gasteiger partial charge in [0.15, 0.2) is 0 Å². The molecule has 31 heavy (non-hydrogen) atoms. The lowest BCUT2D eigenvalue weighted by Crippen LogP contribution is -2.42. The van der Waals surface area contributed by atoms with Gasteiger partial charge in [-0.1, -0.05) is 35.3 Å². The molecule has 6 nitrogen and oxygen atoms in total. The lowest BCUT2D eigenvalue weighted by Gasteiger charge is -2.27. The van der Waals surface area contributed by atoms with Gasteiger partial charge in [-0.05, 0) is 47.7 Å². The molecule has 0 saturated heterocycles. The van der Waals surface area contributed by atoms with Gasteiger partial charge in [0.25, 0.3) is 5.91 Å². The van der Waals surface area contributed by atoms with Gasteiger partial charge >= 0.3 is 5.97 Å². The molecule has 0 spiro atoms. The smallest absolute Gasteiger partial charge is 0.346 e. The number of thiophene rings is 1. The van der Waals surface area contributed by atoms with Crippen LogP contribution in [0.15, 0.2) is 47.8 Å². The molecule has 1 N–H and O–H groups in total. The number of nitrogens with zero attached hydrogens (tertiary/aromatic N) is 1. The SMILES string of the molecule is CC(Oc1ccc(Cl)c(N2C(=O)Cc3csc(C(=O)O)c3C2=O)c1)c1cccc(Cl)c1. The van der Waals surface area contributed by atoms with E-state index < -0.39 is 17.8 Å². The van der Waals surface area contributed by atoms with Crippen LogP contribution in [0.4, 0.5) is 5.69 Å². The van der Waals surface area contributed by atoms with Crippen molar-refractivity contribution in [3.8, 4) is 5.75 Å². The minimum Gasteiger partial charge on any atom is -0.486 e. The highest BCUT2D eigenvalue weighted by molar-refractivity contribution is 7.12. The van der Waals surface area contributed by atoms with E-state index in [2.05, 4.69) is 0 Å². The average Bonchev–Trinajstić information content (AvgIpc) is 3.14. The van der Waals surface area contributed by atoms with Gasteiger partial charge < -0.3 is 9.84 Å². The van der Waals surface area contributed by atoms with E-state index in [0.717, 1.165) is 21.8 Å². The highest BCUT2D eigenvalue weighted by atomic mass is 35.5. The van der Waals surface area contributed by atoms with E-state index in [1.54, 1.807) is 18.2 Å². The summed E-state index contributed by atoms with van der Waals surface area (Å²) in [5.41, 5.74) is 1.42. The van der Waals surface area contributed by atoms with Crippen molar-refractivity contribution in [2.45, 2.75) is 19.4 Å². The molecule has 3 aromatic rings. The van der Waals surface area contributed by atoms with E-state index >= 15 is 0 Å². The van der Waals surface area contributed by atoms with Gasteiger partial charge in [0.1, 0.15) is 16.7 Å². The number of hydrogen-bond donors (Lipinski definition) is 1. The summed E-state index contributed by atoms with van der Waals surface area (Å²) >= 11 is 13.3. The highest BCUT2D eigenvalue weighted by Gasteiger charge is 2.37. The van der Waals surface area contributed by atoms with E-state index in [1.807, 2.05) is 19.1 Å². The van der Waals surface area contributed by atoms with Crippen molar-refractivity contribution in [3.63, 3.8) is 0 Å². The number of hydrogen-bond acceptors (Lipinski definition) is 5. The van der Waals surface area contributed by atoms with E-state index in [-0.39, 0.29) is 33.7 Å². The number of halogens is 2. The molecular formula is C22H15Cl2NO5S. The predicted octanol–water partition coefficient (Wildman–Crippen LogP) is 5.62. The molecule has 158 valence electrons. The Morgan fingerprint density at radius 1 is 1.19 bits per heavy atom. The van der Waals surface area contributed by atoms with Crippen molar-refractivity contribution in [1.29, 1.82) is 0 Å². The minimum atomic E-state index is -1.22. The number of aromatic carboxylic acids is 1. The van der Waals surface area contributed by atoms with Crippen LogP contribution in [0.2, 0.25) is 10.0 Å². The maximum Gasteiger partial charge on any atom is 0.346 e. The number of carbonyl (C=O) groups is 3. The van der Waals surface area contributed by atoms with Crippen molar-refractivity contribution >= 4 is 58.0 Å². The second-order valence-electron chi connectivity index (χ2n) is 6.91. The topological polar surface area (TPSA) is 83.9 Å². The number of fused-ring (bicyclic) bond motifs is 1. The van der Waals surface area contributed by atoms with Crippen molar-refractivity contribution in [1.82, 2.24) is 0 Å². The molecule has 9 heteroatoms. The van der Waals surface area contributed by atoms with Gasteiger partial charge in [0.05, 0.1) is 22.7 Å². The van der Waals surface area contributed by atoms with E-state index in [9.17, 15) is 19.5 Å². The van der Waals surface area contributed by atoms with Gasteiger partial charge in [0.2, 0.25) is 5.91 Å². The Morgan fingerprint density at radius 2 is 1.97 bits per heavy atom.